The van der Waals surface area contributed by atoms with E-state index in [0.29, 0.717) is 6.54 Å². The molecule has 0 amide bonds. The topological polar surface area (TPSA) is 72.0 Å². The molecule has 0 saturated carbocycles. The van der Waals surface area contributed by atoms with Crippen molar-refractivity contribution >= 4 is 28.6 Å². The number of hydrogen-bond acceptors (Lipinski definition) is 5. The number of aromatic nitrogens is 3. The van der Waals surface area contributed by atoms with E-state index in [4.69, 9.17) is 15.7 Å². The highest BCUT2D eigenvalue weighted by Gasteiger charge is 2.17. The van der Waals surface area contributed by atoms with Gasteiger partial charge >= 0.3 is 0 Å². The van der Waals surface area contributed by atoms with Crippen molar-refractivity contribution in [3.8, 4) is 0 Å². The standard InChI is InChI=1S/C29H46N6/c1-6-8-10-20-34(21-11-9-7-2)26-18-17-25-27(33-26)35(22-12-19-30)28(32-25)31-24-15-13-23(14-16-24)29(3,4)5/h13-18H,6-12,19-22,30H2,1-5H3,(H,31,32). The Morgan fingerprint density at radius 2 is 1.51 bits per heavy atom. The fraction of sp³-hybridized carbons (Fsp3) is 0.586. The van der Waals surface area contributed by atoms with E-state index in [1.165, 1.54) is 44.1 Å². The van der Waals surface area contributed by atoms with Crippen LogP contribution in [0.25, 0.3) is 11.2 Å². The van der Waals surface area contributed by atoms with Crippen LogP contribution in [0, 0.1) is 0 Å². The third-order valence-corrected chi connectivity index (χ3v) is 6.56. The molecule has 0 aliphatic rings. The lowest BCUT2D eigenvalue weighted by Gasteiger charge is -2.24. The molecule has 3 N–H and O–H groups in total. The van der Waals surface area contributed by atoms with Crippen molar-refractivity contribution in [3.63, 3.8) is 0 Å². The Hall–Kier alpha value is -2.60. The van der Waals surface area contributed by atoms with Gasteiger partial charge in [0.2, 0.25) is 5.95 Å². The summed E-state index contributed by atoms with van der Waals surface area (Å²) in [6, 6.07) is 12.9. The molecular weight excluding hydrogens is 432 g/mol. The van der Waals surface area contributed by atoms with Crippen LogP contribution >= 0.6 is 0 Å². The van der Waals surface area contributed by atoms with Crippen LogP contribution in [0.3, 0.4) is 0 Å². The van der Waals surface area contributed by atoms with Crippen molar-refractivity contribution in [2.45, 2.75) is 91.5 Å². The summed E-state index contributed by atoms with van der Waals surface area (Å²) in [6.45, 7) is 14.8. The SMILES string of the molecule is CCCCCN(CCCCC)c1ccc2nc(Nc3ccc(C(C)(C)C)cc3)n(CCCN)c2n1. The second-order valence-electron chi connectivity index (χ2n) is 10.6. The number of hydrogen-bond donors (Lipinski definition) is 2. The lowest BCUT2D eigenvalue weighted by atomic mass is 9.87. The molecule has 3 rings (SSSR count). The van der Waals surface area contributed by atoms with Crippen molar-refractivity contribution < 1.29 is 0 Å². The van der Waals surface area contributed by atoms with Gasteiger partial charge in [0.05, 0.1) is 0 Å². The number of rotatable bonds is 14. The molecule has 6 heteroatoms. The minimum atomic E-state index is 0.132. The summed E-state index contributed by atoms with van der Waals surface area (Å²) < 4.78 is 2.19. The predicted molar refractivity (Wildman–Crippen MR) is 151 cm³/mol. The smallest absolute Gasteiger partial charge is 0.209 e. The van der Waals surface area contributed by atoms with Crippen molar-refractivity contribution in [2.24, 2.45) is 5.73 Å². The fourth-order valence-corrected chi connectivity index (χ4v) is 4.35. The van der Waals surface area contributed by atoms with Gasteiger partial charge in [0.15, 0.2) is 5.65 Å². The van der Waals surface area contributed by atoms with Gasteiger partial charge in [-0.25, -0.2) is 9.97 Å². The molecule has 0 unspecified atom stereocenters. The maximum atomic E-state index is 5.88. The van der Waals surface area contributed by atoms with Gasteiger partial charge < -0.3 is 16.0 Å². The van der Waals surface area contributed by atoms with Gasteiger partial charge in [-0.15, -0.1) is 0 Å². The minimum absolute atomic E-state index is 0.132. The summed E-state index contributed by atoms with van der Waals surface area (Å²) in [5, 5.41) is 3.54. The van der Waals surface area contributed by atoms with E-state index in [0.717, 1.165) is 54.7 Å². The number of nitrogens with zero attached hydrogens (tertiary/aromatic N) is 4. The molecule has 0 saturated heterocycles. The van der Waals surface area contributed by atoms with E-state index in [9.17, 15) is 0 Å². The maximum absolute atomic E-state index is 5.88. The van der Waals surface area contributed by atoms with Gasteiger partial charge in [-0.05, 0) is 61.1 Å². The summed E-state index contributed by atoms with van der Waals surface area (Å²) in [7, 11) is 0. The van der Waals surface area contributed by atoms with Crippen LogP contribution in [0.1, 0.15) is 85.1 Å². The number of imidazole rings is 1. The van der Waals surface area contributed by atoms with Crippen LogP contribution in [0.4, 0.5) is 17.5 Å². The van der Waals surface area contributed by atoms with Gasteiger partial charge in [0.25, 0.3) is 0 Å². The van der Waals surface area contributed by atoms with Gasteiger partial charge in [0, 0.05) is 25.3 Å². The first-order valence-electron chi connectivity index (χ1n) is 13.6. The zero-order valence-corrected chi connectivity index (χ0v) is 22.6. The molecular formula is C29H46N6. The Kier molecular flexibility index (Phi) is 9.96. The van der Waals surface area contributed by atoms with Crippen molar-refractivity contribution in [3.05, 3.63) is 42.0 Å². The Balaban J connectivity index is 1.91. The van der Waals surface area contributed by atoms with E-state index in [2.05, 4.69) is 85.8 Å². The van der Waals surface area contributed by atoms with Crippen LogP contribution in [-0.2, 0) is 12.0 Å². The Morgan fingerprint density at radius 3 is 2.09 bits per heavy atom. The monoisotopic (exact) mass is 478 g/mol. The second kappa shape index (κ2) is 12.9. The van der Waals surface area contributed by atoms with E-state index in [1.54, 1.807) is 0 Å². The summed E-state index contributed by atoms with van der Waals surface area (Å²) >= 11 is 0. The third kappa shape index (κ3) is 7.44. The number of fused-ring (bicyclic) bond motifs is 1. The quantitative estimate of drug-likeness (QED) is 0.244. The van der Waals surface area contributed by atoms with Crippen molar-refractivity contribution in [2.75, 3.05) is 29.9 Å². The maximum Gasteiger partial charge on any atom is 0.209 e. The van der Waals surface area contributed by atoms with Gasteiger partial charge in [-0.3, -0.25) is 4.57 Å². The second-order valence-corrected chi connectivity index (χ2v) is 10.6. The molecule has 2 heterocycles. The van der Waals surface area contributed by atoms with Crippen LogP contribution in [0.2, 0.25) is 0 Å². The van der Waals surface area contributed by atoms with Gasteiger partial charge in [-0.1, -0.05) is 72.4 Å². The molecule has 192 valence electrons. The molecule has 0 atom stereocenters. The summed E-state index contributed by atoms with van der Waals surface area (Å²) in [5.74, 6) is 1.88. The largest absolute Gasteiger partial charge is 0.357 e. The third-order valence-electron chi connectivity index (χ3n) is 6.56. The molecule has 1 aromatic carbocycles. The fourth-order valence-electron chi connectivity index (χ4n) is 4.35. The Labute approximate surface area is 212 Å². The van der Waals surface area contributed by atoms with Gasteiger partial charge in [-0.2, -0.15) is 0 Å². The van der Waals surface area contributed by atoms with Crippen LogP contribution in [0.15, 0.2) is 36.4 Å². The Bertz CT molecular complexity index is 1020. The molecule has 2 aromatic heterocycles. The number of benzene rings is 1. The average molecular weight is 479 g/mol. The predicted octanol–water partition coefficient (Wildman–Crippen LogP) is 7.01. The first-order valence-corrected chi connectivity index (χ1v) is 13.6. The first-order chi connectivity index (χ1) is 16.9. The molecule has 0 aliphatic heterocycles. The zero-order chi connectivity index (χ0) is 25.3. The molecule has 0 radical (unpaired) electrons. The highest BCUT2D eigenvalue weighted by atomic mass is 15.3. The van der Waals surface area contributed by atoms with E-state index < -0.39 is 0 Å². The zero-order valence-electron chi connectivity index (χ0n) is 22.6. The molecule has 35 heavy (non-hydrogen) atoms. The molecule has 0 spiro atoms. The molecule has 6 nitrogen and oxygen atoms in total. The molecule has 3 aromatic rings. The average Bonchev–Trinajstić information content (AvgIpc) is 3.17. The van der Waals surface area contributed by atoms with Crippen LogP contribution in [-0.4, -0.2) is 34.2 Å². The molecule has 0 aliphatic carbocycles. The van der Waals surface area contributed by atoms with Crippen LogP contribution < -0.4 is 16.0 Å². The van der Waals surface area contributed by atoms with Crippen molar-refractivity contribution in [1.29, 1.82) is 0 Å². The summed E-state index contributed by atoms with van der Waals surface area (Å²) in [5.41, 5.74) is 10.2. The first kappa shape index (κ1) is 27.0. The Morgan fingerprint density at radius 1 is 0.857 bits per heavy atom. The normalized spacial score (nSPS) is 11.8. The lowest BCUT2D eigenvalue weighted by Crippen LogP contribution is -2.26. The molecule has 0 fully saturated rings. The van der Waals surface area contributed by atoms with E-state index >= 15 is 0 Å². The highest BCUT2D eigenvalue weighted by Crippen LogP contribution is 2.27. The number of nitrogens with two attached hydrogens (primary N) is 1. The lowest BCUT2D eigenvalue weighted by molar-refractivity contribution is 0.590. The number of anilines is 3. The number of pyridine rings is 1. The number of unbranched alkanes of at least 4 members (excludes halogenated alkanes) is 4. The molecule has 0 bridgehead atoms. The van der Waals surface area contributed by atoms with E-state index in [1.807, 2.05) is 0 Å². The van der Waals surface area contributed by atoms with Crippen molar-refractivity contribution in [1.82, 2.24) is 14.5 Å². The van der Waals surface area contributed by atoms with Gasteiger partial charge in [0.1, 0.15) is 11.3 Å². The minimum Gasteiger partial charge on any atom is -0.357 e. The van der Waals surface area contributed by atoms with Crippen LogP contribution in [0.5, 0.6) is 0 Å². The highest BCUT2D eigenvalue weighted by molar-refractivity contribution is 5.78. The summed E-state index contributed by atoms with van der Waals surface area (Å²) in [4.78, 5) is 12.5. The number of aryl methyl sites for hydroxylation is 1. The number of nitrogens with one attached hydrogen (secondary N) is 1. The summed E-state index contributed by atoms with van der Waals surface area (Å²) in [6.07, 6.45) is 8.25. The van der Waals surface area contributed by atoms with E-state index in [-0.39, 0.29) is 5.41 Å².